The zero-order valence-electron chi connectivity index (χ0n) is 16.7. The first-order chi connectivity index (χ1) is 14.5. The van der Waals surface area contributed by atoms with Crippen LogP contribution in [0.2, 0.25) is 5.02 Å². The van der Waals surface area contributed by atoms with Crippen molar-refractivity contribution >= 4 is 40.4 Å². The molecule has 1 N–H and O–H groups in total. The fraction of sp³-hybridized carbons (Fsp3) is 0.250. The van der Waals surface area contributed by atoms with Gasteiger partial charge < -0.3 is 10.2 Å². The quantitative estimate of drug-likeness (QED) is 0.570. The maximum atomic E-state index is 13.2. The minimum Gasteiger partial charge on any atom is -0.352 e. The van der Waals surface area contributed by atoms with Crippen molar-refractivity contribution in [2.45, 2.75) is 32.4 Å². The van der Waals surface area contributed by atoms with Gasteiger partial charge >= 0.3 is 0 Å². The number of amides is 2. The molecule has 0 unspecified atom stereocenters. The summed E-state index contributed by atoms with van der Waals surface area (Å²) < 4.78 is 0. The number of nitrogens with zero attached hydrogens (tertiary/aromatic N) is 1. The number of rotatable bonds is 5. The van der Waals surface area contributed by atoms with Crippen molar-refractivity contribution in [1.82, 2.24) is 5.32 Å². The molecule has 2 atom stereocenters. The van der Waals surface area contributed by atoms with E-state index in [-0.39, 0.29) is 23.8 Å². The van der Waals surface area contributed by atoms with E-state index in [4.69, 9.17) is 11.6 Å². The SMILES string of the molecule is Cc1ccc(N2C(=O)CC[C@@H](C(=O)NCc3ccc(Cl)cc3)[C@H]2c2cccs2)cc1. The van der Waals surface area contributed by atoms with E-state index in [1.807, 2.05) is 73.0 Å². The van der Waals surface area contributed by atoms with Gasteiger partial charge in [-0.2, -0.15) is 0 Å². The third kappa shape index (κ3) is 4.42. The van der Waals surface area contributed by atoms with Crippen molar-refractivity contribution in [3.63, 3.8) is 0 Å². The smallest absolute Gasteiger partial charge is 0.227 e. The standard InChI is InChI=1S/C24H23ClN2O2S/c1-16-4-10-19(11-5-16)27-22(28)13-12-20(23(27)21-3-2-14-30-21)24(29)26-15-17-6-8-18(25)9-7-17/h2-11,14,20,23H,12-13,15H2,1H3,(H,26,29)/t20-,23+/m1/s1. The van der Waals surface area contributed by atoms with Crippen LogP contribution in [-0.2, 0) is 16.1 Å². The van der Waals surface area contributed by atoms with Crippen LogP contribution in [0.1, 0.15) is 34.9 Å². The number of anilines is 1. The number of thiophene rings is 1. The molecule has 30 heavy (non-hydrogen) atoms. The van der Waals surface area contributed by atoms with Crippen LogP contribution >= 0.6 is 22.9 Å². The average Bonchev–Trinajstić information content (AvgIpc) is 3.28. The van der Waals surface area contributed by atoms with Crippen LogP contribution in [0.4, 0.5) is 5.69 Å². The lowest BCUT2D eigenvalue weighted by Crippen LogP contribution is -2.48. The van der Waals surface area contributed by atoms with Gasteiger partial charge in [0.05, 0.1) is 12.0 Å². The van der Waals surface area contributed by atoms with Crippen LogP contribution < -0.4 is 10.2 Å². The van der Waals surface area contributed by atoms with Gasteiger partial charge in [0.2, 0.25) is 11.8 Å². The van der Waals surface area contributed by atoms with E-state index in [0.717, 1.165) is 21.7 Å². The summed E-state index contributed by atoms with van der Waals surface area (Å²) in [5.41, 5.74) is 2.95. The molecular formula is C24H23ClN2O2S. The normalized spacial score (nSPS) is 19.0. The van der Waals surface area contributed by atoms with E-state index in [2.05, 4.69) is 5.32 Å². The maximum Gasteiger partial charge on any atom is 0.227 e. The van der Waals surface area contributed by atoms with Crippen molar-refractivity contribution in [3.05, 3.63) is 87.1 Å². The van der Waals surface area contributed by atoms with E-state index < -0.39 is 0 Å². The fourth-order valence-electron chi connectivity index (χ4n) is 3.88. The summed E-state index contributed by atoms with van der Waals surface area (Å²) in [6.07, 6.45) is 0.894. The molecule has 154 valence electrons. The summed E-state index contributed by atoms with van der Waals surface area (Å²) in [4.78, 5) is 29.0. The van der Waals surface area contributed by atoms with Gasteiger partial charge in [-0.15, -0.1) is 11.3 Å². The van der Waals surface area contributed by atoms with E-state index in [9.17, 15) is 9.59 Å². The van der Waals surface area contributed by atoms with Crippen LogP contribution in [0.3, 0.4) is 0 Å². The van der Waals surface area contributed by atoms with Gasteiger partial charge in [-0.25, -0.2) is 0 Å². The summed E-state index contributed by atoms with van der Waals surface area (Å²) in [5, 5.41) is 5.72. The second kappa shape index (κ2) is 9.02. The molecule has 4 nitrogen and oxygen atoms in total. The van der Waals surface area contributed by atoms with Gasteiger partial charge in [0.1, 0.15) is 0 Å². The Morgan fingerprint density at radius 1 is 1.13 bits per heavy atom. The fourth-order valence-corrected chi connectivity index (χ4v) is 4.89. The average molecular weight is 439 g/mol. The van der Waals surface area contributed by atoms with Crippen molar-refractivity contribution < 1.29 is 9.59 Å². The number of nitrogens with one attached hydrogen (secondary N) is 1. The highest BCUT2D eigenvalue weighted by Gasteiger charge is 2.41. The Labute approximate surface area is 185 Å². The molecule has 0 bridgehead atoms. The zero-order chi connectivity index (χ0) is 21.1. The lowest BCUT2D eigenvalue weighted by Gasteiger charge is -2.40. The third-order valence-electron chi connectivity index (χ3n) is 5.46. The molecule has 1 aromatic heterocycles. The van der Waals surface area contributed by atoms with Crippen LogP contribution in [0.25, 0.3) is 0 Å². The molecule has 1 saturated heterocycles. The monoisotopic (exact) mass is 438 g/mol. The molecule has 0 spiro atoms. The number of halogens is 1. The number of aryl methyl sites for hydroxylation is 1. The van der Waals surface area contributed by atoms with Crippen LogP contribution in [0, 0.1) is 12.8 Å². The summed E-state index contributed by atoms with van der Waals surface area (Å²) in [6.45, 7) is 2.45. The number of hydrogen-bond acceptors (Lipinski definition) is 3. The molecule has 0 aliphatic carbocycles. The number of hydrogen-bond donors (Lipinski definition) is 1. The first kappa shape index (κ1) is 20.6. The minimum atomic E-state index is -0.310. The van der Waals surface area contributed by atoms with Crippen molar-refractivity contribution in [3.8, 4) is 0 Å². The van der Waals surface area contributed by atoms with Gasteiger partial charge in [0.25, 0.3) is 0 Å². The molecule has 1 aliphatic rings. The predicted molar refractivity (Wildman–Crippen MR) is 122 cm³/mol. The summed E-state index contributed by atoms with van der Waals surface area (Å²) in [5.74, 6) is -0.290. The highest BCUT2D eigenvalue weighted by atomic mass is 35.5. The van der Waals surface area contributed by atoms with Gasteiger partial charge in [-0.3, -0.25) is 9.59 Å². The second-order valence-corrected chi connectivity index (χ2v) is 8.96. The lowest BCUT2D eigenvalue weighted by molar-refractivity contribution is -0.129. The van der Waals surface area contributed by atoms with E-state index in [1.54, 1.807) is 16.2 Å². The lowest BCUT2D eigenvalue weighted by atomic mass is 9.86. The Morgan fingerprint density at radius 3 is 2.53 bits per heavy atom. The first-order valence-corrected chi connectivity index (χ1v) is 11.2. The Hall–Kier alpha value is -2.63. The third-order valence-corrected chi connectivity index (χ3v) is 6.66. The highest BCUT2D eigenvalue weighted by Crippen LogP contribution is 2.41. The topological polar surface area (TPSA) is 49.4 Å². The summed E-state index contributed by atoms with van der Waals surface area (Å²) >= 11 is 7.53. The van der Waals surface area contributed by atoms with Gasteiger partial charge in [-0.05, 0) is 54.6 Å². The Balaban J connectivity index is 1.60. The van der Waals surface area contributed by atoms with Crippen molar-refractivity contribution in [2.24, 2.45) is 5.92 Å². The van der Waals surface area contributed by atoms with Crippen molar-refractivity contribution in [1.29, 1.82) is 0 Å². The summed E-state index contributed by atoms with van der Waals surface area (Å²) in [6, 6.07) is 19.0. The molecule has 2 heterocycles. The zero-order valence-corrected chi connectivity index (χ0v) is 18.2. The van der Waals surface area contributed by atoms with Gasteiger partial charge in [0, 0.05) is 28.6 Å². The molecule has 0 saturated carbocycles. The second-order valence-electron chi connectivity index (χ2n) is 7.55. The van der Waals surface area contributed by atoms with Crippen molar-refractivity contribution in [2.75, 3.05) is 4.90 Å². The molecule has 1 fully saturated rings. The first-order valence-electron chi connectivity index (χ1n) is 9.97. The number of carbonyl (C=O) groups is 2. The van der Waals surface area contributed by atoms with Crippen LogP contribution in [0.15, 0.2) is 66.0 Å². The highest BCUT2D eigenvalue weighted by molar-refractivity contribution is 7.10. The molecular weight excluding hydrogens is 416 g/mol. The number of piperidine rings is 1. The van der Waals surface area contributed by atoms with E-state index in [0.29, 0.717) is 24.4 Å². The molecule has 2 amide bonds. The molecule has 0 radical (unpaired) electrons. The number of carbonyl (C=O) groups excluding carboxylic acids is 2. The molecule has 4 rings (SSSR count). The minimum absolute atomic E-state index is 0.0343. The van der Waals surface area contributed by atoms with Gasteiger partial charge in [-0.1, -0.05) is 47.5 Å². The van der Waals surface area contributed by atoms with E-state index >= 15 is 0 Å². The number of benzene rings is 2. The van der Waals surface area contributed by atoms with Crippen LogP contribution in [-0.4, -0.2) is 11.8 Å². The Morgan fingerprint density at radius 2 is 1.87 bits per heavy atom. The molecule has 1 aliphatic heterocycles. The molecule has 3 aromatic rings. The largest absolute Gasteiger partial charge is 0.352 e. The molecule has 2 aromatic carbocycles. The Bertz CT molecular complexity index is 1020. The van der Waals surface area contributed by atoms with E-state index in [1.165, 1.54) is 0 Å². The van der Waals surface area contributed by atoms with Crippen LogP contribution in [0.5, 0.6) is 0 Å². The molecule has 6 heteroatoms. The predicted octanol–water partition coefficient (Wildman–Crippen LogP) is 5.51. The van der Waals surface area contributed by atoms with Gasteiger partial charge in [0.15, 0.2) is 0 Å². The maximum absolute atomic E-state index is 13.2. The summed E-state index contributed by atoms with van der Waals surface area (Å²) in [7, 11) is 0. The Kier molecular flexibility index (Phi) is 6.21.